The zero-order chi connectivity index (χ0) is 13.9. The fourth-order valence-corrected chi connectivity index (χ4v) is 2.60. The summed E-state index contributed by atoms with van der Waals surface area (Å²) in [6.45, 7) is 1.30. The molecule has 20 heavy (non-hydrogen) atoms. The van der Waals surface area contributed by atoms with Gasteiger partial charge in [0.25, 0.3) is 5.91 Å². The molecule has 2 N–H and O–H groups in total. The lowest BCUT2D eigenvalue weighted by molar-refractivity contribution is 0.0741. The summed E-state index contributed by atoms with van der Waals surface area (Å²) in [5, 5.41) is 0. The van der Waals surface area contributed by atoms with E-state index in [1.807, 2.05) is 4.90 Å². The Morgan fingerprint density at radius 3 is 3.10 bits per heavy atom. The van der Waals surface area contributed by atoms with Gasteiger partial charge in [0.15, 0.2) is 0 Å². The van der Waals surface area contributed by atoms with Gasteiger partial charge in [0, 0.05) is 43.3 Å². The first-order chi connectivity index (χ1) is 9.79. The van der Waals surface area contributed by atoms with Gasteiger partial charge in [-0.25, -0.2) is 9.97 Å². The van der Waals surface area contributed by atoms with Crippen LogP contribution in [0.3, 0.4) is 0 Å². The molecular weight excluding hydrogens is 254 g/mol. The predicted octanol–water partition coefficient (Wildman–Crippen LogP) is 0.831. The van der Waals surface area contributed by atoms with Crippen LogP contribution in [0.25, 0.3) is 5.82 Å². The van der Waals surface area contributed by atoms with Crippen molar-refractivity contribution in [1.29, 1.82) is 0 Å². The first kappa shape index (κ1) is 12.8. The van der Waals surface area contributed by atoms with Crippen LogP contribution in [-0.4, -0.2) is 44.5 Å². The molecule has 3 rings (SSSR count). The largest absolute Gasteiger partial charge is 0.334 e. The van der Waals surface area contributed by atoms with E-state index in [1.165, 1.54) is 0 Å². The molecule has 0 radical (unpaired) electrons. The molecular formula is C14H17N5O. The highest BCUT2D eigenvalue weighted by molar-refractivity contribution is 5.95. The quantitative estimate of drug-likeness (QED) is 0.897. The van der Waals surface area contributed by atoms with Gasteiger partial charge in [-0.15, -0.1) is 0 Å². The van der Waals surface area contributed by atoms with Crippen LogP contribution in [0.5, 0.6) is 0 Å². The number of hydrogen-bond acceptors (Lipinski definition) is 4. The Morgan fingerprint density at radius 2 is 2.35 bits per heavy atom. The monoisotopic (exact) mass is 271 g/mol. The highest BCUT2D eigenvalue weighted by Crippen LogP contribution is 2.19. The average molecular weight is 271 g/mol. The van der Waals surface area contributed by atoms with E-state index in [-0.39, 0.29) is 11.9 Å². The number of aromatic nitrogens is 3. The maximum atomic E-state index is 12.6. The number of carbonyl (C=O) groups excluding carboxylic acids is 1. The molecule has 1 atom stereocenters. The fourth-order valence-electron chi connectivity index (χ4n) is 2.60. The summed E-state index contributed by atoms with van der Waals surface area (Å²) in [6.07, 6.45) is 8.80. The summed E-state index contributed by atoms with van der Waals surface area (Å²) in [4.78, 5) is 22.7. The van der Waals surface area contributed by atoms with Gasteiger partial charge in [-0.3, -0.25) is 9.36 Å². The second kappa shape index (κ2) is 5.42. The van der Waals surface area contributed by atoms with Crippen LogP contribution in [0, 0.1) is 0 Å². The van der Waals surface area contributed by atoms with Crippen LogP contribution in [0.4, 0.5) is 0 Å². The lowest BCUT2D eigenvalue weighted by atomic mass is 10.2. The van der Waals surface area contributed by atoms with E-state index in [1.54, 1.807) is 41.6 Å². The molecule has 0 bridgehead atoms. The summed E-state index contributed by atoms with van der Waals surface area (Å²) in [5.41, 5.74) is 6.37. The van der Waals surface area contributed by atoms with Crippen LogP contribution in [0.1, 0.15) is 23.2 Å². The third kappa shape index (κ3) is 2.30. The fraction of sp³-hybridized carbons (Fsp3) is 0.357. The Morgan fingerprint density at radius 1 is 1.45 bits per heavy atom. The van der Waals surface area contributed by atoms with E-state index in [4.69, 9.17) is 5.73 Å². The maximum Gasteiger partial charge on any atom is 0.254 e. The van der Waals surface area contributed by atoms with Gasteiger partial charge in [-0.2, -0.15) is 0 Å². The number of pyridine rings is 1. The number of nitrogens with zero attached hydrogens (tertiary/aromatic N) is 4. The molecule has 2 aromatic heterocycles. The van der Waals surface area contributed by atoms with Gasteiger partial charge in [0.05, 0.1) is 0 Å². The predicted molar refractivity (Wildman–Crippen MR) is 74.5 cm³/mol. The molecule has 6 nitrogen and oxygen atoms in total. The third-order valence-electron chi connectivity index (χ3n) is 3.67. The first-order valence-electron chi connectivity index (χ1n) is 6.75. The van der Waals surface area contributed by atoms with E-state index in [9.17, 15) is 4.79 Å². The van der Waals surface area contributed by atoms with E-state index in [0.29, 0.717) is 17.9 Å². The lowest BCUT2D eigenvalue weighted by Crippen LogP contribution is -2.39. The average Bonchev–Trinajstić information content (AvgIpc) is 3.17. The Bertz CT molecular complexity index is 595. The van der Waals surface area contributed by atoms with Crippen molar-refractivity contribution in [1.82, 2.24) is 19.4 Å². The second-order valence-corrected chi connectivity index (χ2v) is 4.90. The molecule has 1 unspecified atom stereocenters. The van der Waals surface area contributed by atoms with E-state index < -0.39 is 0 Å². The highest BCUT2D eigenvalue weighted by atomic mass is 16.2. The van der Waals surface area contributed by atoms with E-state index >= 15 is 0 Å². The van der Waals surface area contributed by atoms with Crippen molar-refractivity contribution in [2.75, 3.05) is 13.1 Å². The molecule has 1 aliphatic rings. The van der Waals surface area contributed by atoms with Crippen molar-refractivity contribution < 1.29 is 4.79 Å². The Balaban J connectivity index is 1.87. The maximum absolute atomic E-state index is 12.6. The molecule has 3 heterocycles. The van der Waals surface area contributed by atoms with Crippen LogP contribution in [0.2, 0.25) is 0 Å². The molecule has 0 aliphatic carbocycles. The standard InChI is InChI=1S/C14H17N5O/c15-9-12-2-1-6-19(12)14(20)11-3-4-17-13(8-11)18-7-5-16-10-18/h3-5,7-8,10,12H,1-2,6,9,15H2. The lowest BCUT2D eigenvalue weighted by Gasteiger charge is -2.23. The van der Waals surface area contributed by atoms with E-state index in [2.05, 4.69) is 9.97 Å². The minimum atomic E-state index is 0.0294. The molecule has 104 valence electrons. The van der Waals surface area contributed by atoms with Gasteiger partial charge >= 0.3 is 0 Å². The van der Waals surface area contributed by atoms with Crippen molar-refractivity contribution in [3.8, 4) is 5.82 Å². The molecule has 1 aliphatic heterocycles. The molecule has 6 heteroatoms. The highest BCUT2D eigenvalue weighted by Gasteiger charge is 2.28. The zero-order valence-corrected chi connectivity index (χ0v) is 11.1. The SMILES string of the molecule is NCC1CCCN1C(=O)c1ccnc(-n2ccnc2)c1. The number of carbonyl (C=O) groups is 1. The summed E-state index contributed by atoms with van der Waals surface area (Å²) in [6, 6.07) is 3.69. The number of imidazole rings is 1. The van der Waals surface area contributed by atoms with Crippen LogP contribution in [-0.2, 0) is 0 Å². The first-order valence-corrected chi connectivity index (χ1v) is 6.75. The van der Waals surface area contributed by atoms with Crippen molar-refractivity contribution in [3.05, 3.63) is 42.6 Å². The Hall–Kier alpha value is -2.21. The Labute approximate surface area is 117 Å². The van der Waals surface area contributed by atoms with Crippen molar-refractivity contribution in [2.24, 2.45) is 5.73 Å². The van der Waals surface area contributed by atoms with Gasteiger partial charge in [0.1, 0.15) is 12.1 Å². The van der Waals surface area contributed by atoms with Crippen LogP contribution >= 0.6 is 0 Å². The van der Waals surface area contributed by atoms with E-state index in [0.717, 1.165) is 19.4 Å². The molecule has 0 spiro atoms. The Kier molecular flexibility index (Phi) is 3.47. The molecule has 1 amide bonds. The topological polar surface area (TPSA) is 77.0 Å². The van der Waals surface area contributed by atoms with Gasteiger partial charge in [-0.1, -0.05) is 0 Å². The number of nitrogens with two attached hydrogens (primary N) is 1. The third-order valence-corrected chi connectivity index (χ3v) is 3.67. The van der Waals surface area contributed by atoms with Crippen molar-refractivity contribution >= 4 is 5.91 Å². The molecule has 2 aromatic rings. The molecule has 1 fully saturated rings. The van der Waals surface area contributed by atoms with Crippen LogP contribution in [0.15, 0.2) is 37.1 Å². The molecule has 1 saturated heterocycles. The smallest absolute Gasteiger partial charge is 0.254 e. The van der Waals surface area contributed by atoms with Crippen molar-refractivity contribution in [2.45, 2.75) is 18.9 Å². The zero-order valence-electron chi connectivity index (χ0n) is 11.1. The van der Waals surface area contributed by atoms with Crippen molar-refractivity contribution in [3.63, 3.8) is 0 Å². The normalized spacial score (nSPS) is 18.4. The van der Waals surface area contributed by atoms with Gasteiger partial charge in [0.2, 0.25) is 0 Å². The number of amides is 1. The van der Waals surface area contributed by atoms with Crippen LogP contribution < -0.4 is 5.73 Å². The number of hydrogen-bond donors (Lipinski definition) is 1. The molecule has 0 aromatic carbocycles. The summed E-state index contributed by atoms with van der Waals surface area (Å²) in [5.74, 6) is 0.721. The minimum Gasteiger partial charge on any atom is -0.334 e. The number of likely N-dealkylation sites (tertiary alicyclic amines) is 1. The second-order valence-electron chi connectivity index (χ2n) is 4.90. The summed E-state index contributed by atoms with van der Waals surface area (Å²) >= 11 is 0. The minimum absolute atomic E-state index is 0.0294. The van der Waals surface area contributed by atoms with Gasteiger partial charge in [-0.05, 0) is 25.0 Å². The summed E-state index contributed by atoms with van der Waals surface area (Å²) < 4.78 is 1.78. The molecule has 0 saturated carbocycles. The number of rotatable bonds is 3. The van der Waals surface area contributed by atoms with Gasteiger partial charge < -0.3 is 10.6 Å². The summed E-state index contributed by atoms with van der Waals surface area (Å²) in [7, 11) is 0.